The second-order valence-corrected chi connectivity index (χ2v) is 6.57. The molecule has 0 spiro atoms. The number of hydrogen-bond acceptors (Lipinski definition) is 4. The summed E-state index contributed by atoms with van der Waals surface area (Å²) in [6.45, 7) is 1.88. The zero-order valence-corrected chi connectivity index (χ0v) is 15.1. The van der Waals surface area contributed by atoms with Gasteiger partial charge in [-0.3, -0.25) is 9.59 Å². The molecule has 1 atom stereocenters. The molecular formula is C21H19N3O3. The number of carbonyl (C=O) groups excluding carboxylic acids is 1. The highest BCUT2D eigenvalue weighted by Crippen LogP contribution is 2.23. The third-order valence-electron chi connectivity index (χ3n) is 4.61. The maximum absolute atomic E-state index is 12.6. The summed E-state index contributed by atoms with van der Waals surface area (Å²) in [5.41, 5.74) is 1.19. The van der Waals surface area contributed by atoms with Crippen LogP contribution in [0.3, 0.4) is 0 Å². The molecule has 0 aliphatic rings. The number of benzene rings is 2. The van der Waals surface area contributed by atoms with Crippen LogP contribution in [-0.2, 0) is 18.3 Å². The van der Waals surface area contributed by atoms with Gasteiger partial charge in [-0.1, -0.05) is 36.4 Å². The van der Waals surface area contributed by atoms with E-state index in [-0.39, 0.29) is 23.9 Å². The van der Waals surface area contributed by atoms with Crippen molar-refractivity contribution >= 4 is 27.6 Å². The van der Waals surface area contributed by atoms with E-state index in [0.29, 0.717) is 22.2 Å². The smallest absolute Gasteiger partial charge is 0.274 e. The third kappa shape index (κ3) is 3.21. The fourth-order valence-electron chi connectivity index (χ4n) is 3.24. The maximum atomic E-state index is 12.6. The van der Waals surface area contributed by atoms with Crippen molar-refractivity contribution in [2.24, 2.45) is 7.05 Å². The van der Waals surface area contributed by atoms with Crippen molar-refractivity contribution in [3.63, 3.8) is 0 Å². The van der Waals surface area contributed by atoms with Gasteiger partial charge >= 0.3 is 0 Å². The molecule has 4 rings (SSSR count). The highest BCUT2D eigenvalue weighted by atomic mass is 16.3. The van der Waals surface area contributed by atoms with Crippen LogP contribution in [0.15, 0.2) is 63.8 Å². The zero-order valence-electron chi connectivity index (χ0n) is 15.1. The molecular weight excluding hydrogens is 342 g/mol. The maximum Gasteiger partial charge on any atom is 0.274 e. The van der Waals surface area contributed by atoms with Crippen LogP contribution in [0.2, 0.25) is 0 Å². The first-order valence-corrected chi connectivity index (χ1v) is 8.75. The van der Waals surface area contributed by atoms with Crippen LogP contribution in [0.1, 0.15) is 24.4 Å². The molecule has 2 aromatic carbocycles. The molecule has 6 nitrogen and oxygen atoms in total. The van der Waals surface area contributed by atoms with Crippen molar-refractivity contribution in [2.45, 2.75) is 19.4 Å². The van der Waals surface area contributed by atoms with Crippen molar-refractivity contribution < 1.29 is 9.21 Å². The zero-order chi connectivity index (χ0) is 19.0. The minimum atomic E-state index is -0.274. The van der Waals surface area contributed by atoms with Gasteiger partial charge in [-0.2, -0.15) is 5.10 Å². The predicted molar refractivity (Wildman–Crippen MR) is 103 cm³/mol. The Balaban J connectivity index is 1.57. The van der Waals surface area contributed by atoms with Crippen LogP contribution in [0.4, 0.5) is 0 Å². The standard InChI is InChI=1S/C21H19N3O3/c1-13(19-11-14-7-3-6-10-18(14)27-19)22-20(25)12-17-15-8-4-5-9-16(15)21(26)24(2)23-17/h3-11,13H,12H2,1-2H3,(H,22,25)/t13-/m0/s1. The van der Waals surface area contributed by atoms with Crippen molar-refractivity contribution in [2.75, 3.05) is 0 Å². The Morgan fingerprint density at radius 2 is 1.85 bits per heavy atom. The lowest BCUT2D eigenvalue weighted by molar-refractivity contribution is -0.121. The summed E-state index contributed by atoms with van der Waals surface area (Å²) in [5, 5.41) is 9.48. The van der Waals surface area contributed by atoms with E-state index < -0.39 is 0 Å². The van der Waals surface area contributed by atoms with Gasteiger partial charge in [0.15, 0.2) is 0 Å². The minimum Gasteiger partial charge on any atom is -0.459 e. The number of fused-ring (bicyclic) bond motifs is 2. The summed E-state index contributed by atoms with van der Waals surface area (Å²) in [5.74, 6) is 0.516. The summed E-state index contributed by atoms with van der Waals surface area (Å²) in [6.07, 6.45) is 0.0825. The number of aryl methyl sites for hydroxylation is 1. The average molecular weight is 361 g/mol. The molecule has 136 valence electrons. The third-order valence-corrected chi connectivity index (χ3v) is 4.61. The molecule has 2 aromatic heterocycles. The lowest BCUT2D eigenvalue weighted by Gasteiger charge is -2.12. The summed E-state index contributed by atoms with van der Waals surface area (Å²) in [6, 6.07) is 16.6. The van der Waals surface area contributed by atoms with Crippen LogP contribution in [0.25, 0.3) is 21.7 Å². The Hall–Kier alpha value is -3.41. The van der Waals surface area contributed by atoms with Gasteiger partial charge < -0.3 is 9.73 Å². The van der Waals surface area contributed by atoms with E-state index >= 15 is 0 Å². The van der Waals surface area contributed by atoms with E-state index in [4.69, 9.17) is 4.42 Å². The molecule has 0 fully saturated rings. The molecule has 0 aliphatic carbocycles. The number of rotatable bonds is 4. The molecule has 2 heterocycles. The largest absolute Gasteiger partial charge is 0.459 e. The Bertz CT molecular complexity index is 1170. The lowest BCUT2D eigenvalue weighted by atomic mass is 10.1. The average Bonchev–Trinajstić information content (AvgIpc) is 3.10. The van der Waals surface area contributed by atoms with Gasteiger partial charge in [0.05, 0.1) is 23.5 Å². The Kier molecular flexibility index (Phi) is 4.24. The van der Waals surface area contributed by atoms with Crippen molar-refractivity contribution in [3.8, 4) is 0 Å². The fraction of sp³-hybridized carbons (Fsp3) is 0.190. The molecule has 27 heavy (non-hydrogen) atoms. The van der Waals surface area contributed by atoms with Crippen LogP contribution in [-0.4, -0.2) is 15.7 Å². The van der Waals surface area contributed by atoms with Gasteiger partial charge in [0.25, 0.3) is 5.56 Å². The van der Waals surface area contributed by atoms with Crippen molar-refractivity contribution in [3.05, 3.63) is 76.4 Å². The van der Waals surface area contributed by atoms with E-state index in [1.54, 1.807) is 19.2 Å². The van der Waals surface area contributed by atoms with Crippen molar-refractivity contribution in [1.29, 1.82) is 0 Å². The SMILES string of the molecule is C[C@H](NC(=O)Cc1nn(C)c(=O)c2ccccc12)c1cc2ccccc2o1. The topological polar surface area (TPSA) is 77.1 Å². The normalized spacial score (nSPS) is 12.4. The lowest BCUT2D eigenvalue weighted by Crippen LogP contribution is -2.29. The van der Waals surface area contributed by atoms with E-state index in [0.717, 1.165) is 11.0 Å². The number of amides is 1. The monoisotopic (exact) mass is 361 g/mol. The highest BCUT2D eigenvalue weighted by Gasteiger charge is 2.17. The van der Waals surface area contributed by atoms with E-state index in [2.05, 4.69) is 10.4 Å². The number of aromatic nitrogens is 2. The first-order valence-electron chi connectivity index (χ1n) is 8.75. The van der Waals surface area contributed by atoms with E-state index in [9.17, 15) is 9.59 Å². The molecule has 0 radical (unpaired) electrons. The Labute approximate surface area is 155 Å². The summed E-state index contributed by atoms with van der Waals surface area (Å²) in [7, 11) is 1.59. The number of furan rings is 1. The van der Waals surface area contributed by atoms with Crippen LogP contribution in [0, 0.1) is 0 Å². The number of nitrogens with zero attached hydrogens (tertiary/aromatic N) is 2. The second-order valence-electron chi connectivity index (χ2n) is 6.57. The first kappa shape index (κ1) is 17.0. The Morgan fingerprint density at radius 3 is 2.63 bits per heavy atom. The molecule has 0 aliphatic heterocycles. The quantitative estimate of drug-likeness (QED) is 0.606. The number of hydrogen-bond donors (Lipinski definition) is 1. The van der Waals surface area contributed by atoms with Gasteiger partial charge in [0, 0.05) is 17.8 Å². The molecule has 0 unspecified atom stereocenters. The van der Waals surface area contributed by atoms with Gasteiger partial charge in [-0.05, 0) is 25.1 Å². The molecule has 6 heteroatoms. The minimum absolute atomic E-state index is 0.0825. The number of nitrogens with one attached hydrogen (secondary N) is 1. The van der Waals surface area contributed by atoms with Gasteiger partial charge in [-0.15, -0.1) is 0 Å². The molecule has 0 saturated heterocycles. The molecule has 0 bridgehead atoms. The van der Waals surface area contributed by atoms with Gasteiger partial charge in [-0.25, -0.2) is 4.68 Å². The first-order chi connectivity index (χ1) is 13.0. The number of carbonyl (C=O) groups is 1. The summed E-state index contributed by atoms with van der Waals surface area (Å²) in [4.78, 5) is 24.8. The van der Waals surface area contributed by atoms with Crippen LogP contribution in [0.5, 0.6) is 0 Å². The van der Waals surface area contributed by atoms with Gasteiger partial charge in [0.1, 0.15) is 11.3 Å². The Morgan fingerprint density at radius 1 is 1.15 bits per heavy atom. The second kappa shape index (κ2) is 6.72. The molecule has 1 N–H and O–H groups in total. The summed E-state index contributed by atoms with van der Waals surface area (Å²) >= 11 is 0. The number of para-hydroxylation sites is 1. The summed E-state index contributed by atoms with van der Waals surface area (Å²) < 4.78 is 7.08. The van der Waals surface area contributed by atoms with Gasteiger partial charge in [0.2, 0.25) is 5.91 Å². The van der Waals surface area contributed by atoms with Crippen LogP contribution < -0.4 is 10.9 Å². The van der Waals surface area contributed by atoms with Crippen molar-refractivity contribution in [1.82, 2.24) is 15.1 Å². The molecule has 1 amide bonds. The van der Waals surface area contributed by atoms with E-state index in [1.807, 2.05) is 49.4 Å². The highest BCUT2D eigenvalue weighted by molar-refractivity contribution is 5.88. The van der Waals surface area contributed by atoms with Crippen LogP contribution >= 0.6 is 0 Å². The van der Waals surface area contributed by atoms with E-state index in [1.165, 1.54) is 4.68 Å². The molecule has 0 saturated carbocycles. The fourth-order valence-corrected chi connectivity index (χ4v) is 3.24. The molecule has 4 aromatic rings. The predicted octanol–water partition coefficient (Wildman–Crippen LogP) is 3.10.